The number of hydrogen-bond acceptors (Lipinski definition) is 0. The zero-order chi connectivity index (χ0) is 14.0. The summed E-state index contributed by atoms with van der Waals surface area (Å²) in [6.45, 7) is 2.28. The van der Waals surface area contributed by atoms with Crippen LogP contribution in [0.1, 0.15) is 63.9 Å². The van der Waals surface area contributed by atoms with Gasteiger partial charge in [-0.05, 0) is 41.3 Å². The van der Waals surface area contributed by atoms with Crippen molar-refractivity contribution in [3.05, 3.63) is 48.0 Å². The van der Waals surface area contributed by atoms with Crippen LogP contribution in [0.2, 0.25) is 0 Å². The van der Waals surface area contributed by atoms with E-state index in [-0.39, 0.29) is 0 Å². The molecule has 0 atom stereocenters. The molecule has 0 saturated heterocycles. The predicted molar refractivity (Wildman–Crippen MR) is 89.1 cm³/mol. The molecule has 0 N–H and O–H groups in total. The zero-order valence-electron chi connectivity index (χ0n) is 12.8. The fraction of sp³-hybridized carbons (Fsp3) is 0.500. The number of rotatable bonds is 9. The van der Waals surface area contributed by atoms with Crippen LogP contribution in [-0.2, 0) is 6.42 Å². The van der Waals surface area contributed by atoms with E-state index < -0.39 is 0 Å². The minimum absolute atomic E-state index is 1.21. The highest BCUT2D eigenvalue weighted by molar-refractivity contribution is 5.85. The van der Waals surface area contributed by atoms with Crippen molar-refractivity contribution in [1.29, 1.82) is 0 Å². The van der Waals surface area contributed by atoms with Crippen LogP contribution in [0.4, 0.5) is 0 Å². The summed E-state index contributed by atoms with van der Waals surface area (Å²) in [5.74, 6) is 0. The lowest BCUT2D eigenvalue weighted by Gasteiger charge is -2.06. The maximum atomic E-state index is 3.21. The summed E-state index contributed by atoms with van der Waals surface area (Å²) in [7, 11) is 0. The van der Waals surface area contributed by atoms with Gasteiger partial charge >= 0.3 is 0 Å². The smallest absolute Gasteiger partial charge is 0.0146 e. The lowest BCUT2D eigenvalue weighted by atomic mass is 9.99. The summed E-state index contributed by atoms with van der Waals surface area (Å²) in [5.41, 5.74) is 1.49. The van der Waals surface area contributed by atoms with Gasteiger partial charge in [-0.25, -0.2) is 0 Å². The van der Waals surface area contributed by atoms with E-state index >= 15 is 0 Å². The van der Waals surface area contributed by atoms with Crippen molar-refractivity contribution >= 4 is 10.8 Å². The van der Waals surface area contributed by atoms with Crippen molar-refractivity contribution in [2.45, 2.75) is 64.7 Å². The minimum Gasteiger partial charge on any atom is -0.0654 e. The fourth-order valence-electron chi connectivity index (χ4n) is 2.89. The highest BCUT2D eigenvalue weighted by atomic mass is 14.0. The first-order valence-electron chi connectivity index (χ1n) is 8.29. The Morgan fingerprint density at radius 2 is 1.60 bits per heavy atom. The van der Waals surface area contributed by atoms with Crippen LogP contribution in [0.5, 0.6) is 0 Å². The molecule has 2 aromatic rings. The second kappa shape index (κ2) is 8.79. The summed E-state index contributed by atoms with van der Waals surface area (Å²) in [6.07, 6.45) is 12.3. The van der Waals surface area contributed by atoms with Gasteiger partial charge in [-0.15, -0.1) is 0 Å². The normalized spacial score (nSPS) is 11.1. The van der Waals surface area contributed by atoms with Crippen molar-refractivity contribution < 1.29 is 0 Å². The maximum Gasteiger partial charge on any atom is -0.0146 e. The van der Waals surface area contributed by atoms with Gasteiger partial charge in [0, 0.05) is 0 Å². The van der Waals surface area contributed by atoms with Gasteiger partial charge in [0.2, 0.25) is 0 Å². The number of aryl methyl sites for hydroxylation is 1. The summed E-state index contributed by atoms with van der Waals surface area (Å²) >= 11 is 0. The predicted octanol–water partition coefficient (Wildman–Crippen LogP) is 6.32. The van der Waals surface area contributed by atoms with E-state index in [2.05, 4.69) is 43.3 Å². The highest BCUT2D eigenvalue weighted by Crippen LogP contribution is 2.20. The fourth-order valence-corrected chi connectivity index (χ4v) is 2.89. The maximum absolute atomic E-state index is 3.21. The van der Waals surface area contributed by atoms with Gasteiger partial charge < -0.3 is 0 Å². The summed E-state index contributed by atoms with van der Waals surface area (Å²) < 4.78 is 0. The highest BCUT2D eigenvalue weighted by Gasteiger charge is 2.00. The van der Waals surface area contributed by atoms with Crippen LogP contribution in [0, 0.1) is 6.07 Å². The van der Waals surface area contributed by atoms with Crippen LogP contribution in [-0.4, -0.2) is 0 Å². The number of hydrogen-bond donors (Lipinski definition) is 0. The first-order chi connectivity index (χ1) is 9.92. The van der Waals surface area contributed by atoms with Gasteiger partial charge in [0.1, 0.15) is 0 Å². The van der Waals surface area contributed by atoms with Crippen molar-refractivity contribution in [1.82, 2.24) is 0 Å². The summed E-state index contributed by atoms with van der Waals surface area (Å²) in [4.78, 5) is 0. The molecule has 2 aromatic carbocycles. The molecule has 0 fully saturated rings. The third-order valence-corrected chi connectivity index (χ3v) is 4.12. The first-order valence-corrected chi connectivity index (χ1v) is 8.29. The van der Waals surface area contributed by atoms with Gasteiger partial charge in [-0.1, -0.05) is 82.2 Å². The van der Waals surface area contributed by atoms with Crippen LogP contribution < -0.4 is 0 Å². The molecule has 20 heavy (non-hydrogen) atoms. The van der Waals surface area contributed by atoms with E-state index in [1.54, 1.807) is 0 Å². The average molecular weight is 267 g/mol. The Labute approximate surface area is 124 Å². The van der Waals surface area contributed by atoms with Crippen LogP contribution >= 0.6 is 0 Å². The summed E-state index contributed by atoms with van der Waals surface area (Å²) in [5, 5.41) is 2.73. The Morgan fingerprint density at radius 3 is 2.40 bits per heavy atom. The standard InChI is InChI=1S/C20H27/c1-2-3-4-5-6-7-8-9-13-18-15-12-16-19-14-10-11-17-20(18)19/h10,12,14-17H,2-9,13H2,1H3. The third-order valence-electron chi connectivity index (χ3n) is 4.12. The van der Waals surface area contributed by atoms with Gasteiger partial charge in [0.05, 0.1) is 0 Å². The van der Waals surface area contributed by atoms with Crippen LogP contribution in [0.15, 0.2) is 36.4 Å². The van der Waals surface area contributed by atoms with E-state index in [9.17, 15) is 0 Å². The topological polar surface area (TPSA) is 0 Å². The van der Waals surface area contributed by atoms with Crippen LogP contribution in [0.25, 0.3) is 10.8 Å². The lowest BCUT2D eigenvalue weighted by Crippen LogP contribution is -1.88. The lowest BCUT2D eigenvalue weighted by molar-refractivity contribution is 0.576. The minimum atomic E-state index is 1.21. The second-order valence-electron chi connectivity index (χ2n) is 5.79. The van der Waals surface area contributed by atoms with Crippen molar-refractivity contribution in [2.24, 2.45) is 0 Å². The van der Waals surface area contributed by atoms with Crippen molar-refractivity contribution in [2.75, 3.05) is 0 Å². The van der Waals surface area contributed by atoms with Gasteiger partial charge in [-0.3, -0.25) is 0 Å². The quantitative estimate of drug-likeness (QED) is 0.466. The largest absolute Gasteiger partial charge is 0.0654 e. The van der Waals surface area contributed by atoms with Gasteiger partial charge in [0.25, 0.3) is 0 Å². The number of benzene rings is 2. The van der Waals surface area contributed by atoms with E-state index in [0.29, 0.717) is 0 Å². The number of fused-ring (bicyclic) bond motifs is 1. The van der Waals surface area contributed by atoms with Crippen molar-refractivity contribution in [3.63, 3.8) is 0 Å². The second-order valence-corrected chi connectivity index (χ2v) is 5.79. The molecule has 107 valence electrons. The third kappa shape index (κ3) is 4.67. The molecule has 0 heterocycles. The molecule has 0 aromatic heterocycles. The zero-order valence-corrected chi connectivity index (χ0v) is 12.8. The number of unbranched alkanes of at least 4 members (excludes halogenated alkanes) is 7. The molecule has 0 aliphatic rings. The molecular formula is C20H27. The molecule has 2 rings (SSSR count). The molecule has 0 spiro atoms. The molecular weight excluding hydrogens is 240 g/mol. The van der Waals surface area contributed by atoms with Gasteiger partial charge in [0.15, 0.2) is 0 Å². The molecule has 1 radical (unpaired) electrons. The molecule has 0 saturated carbocycles. The van der Waals surface area contributed by atoms with E-state index in [0.717, 1.165) is 0 Å². The molecule has 0 aliphatic carbocycles. The molecule has 0 nitrogen and oxygen atoms in total. The molecule has 0 heteroatoms. The Hall–Kier alpha value is -1.30. The van der Waals surface area contributed by atoms with E-state index in [4.69, 9.17) is 0 Å². The SMILES string of the molecule is CCCCCCCCCCc1cccc2cc[c]cc12. The molecule has 0 aliphatic heterocycles. The monoisotopic (exact) mass is 267 g/mol. The Morgan fingerprint density at radius 1 is 0.850 bits per heavy atom. The molecule has 0 bridgehead atoms. The van der Waals surface area contributed by atoms with E-state index in [1.165, 1.54) is 74.1 Å². The summed E-state index contributed by atoms with van der Waals surface area (Å²) in [6, 6.07) is 16.2. The average Bonchev–Trinajstić information content (AvgIpc) is 2.50. The van der Waals surface area contributed by atoms with E-state index in [1.807, 2.05) is 6.07 Å². The Balaban J connectivity index is 1.71. The van der Waals surface area contributed by atoms with Crippen LogP contribution in [0.3, 0.4) is 0 Å². The Bertz CT molecular complexity index is 493. The van der Waals surface area contributed by atoms with Gasteiger partial charge in [-0.2, -0.15) is 0 Å². The molecule has 0 amide bonds. The Kier molecular flexibility index (Phi) is 6.63. The van der Waals surface area contributed by atoms with Crippen molar-refractivity contribution in [3.8, 4) is 0 Å². The molecule has 0 unspecified atom stereocenters. The first kappa shape index (κ1) is 15.1.